The summed E-state index contributed by atoms with van der Waals surface area (Å²) in [7, 11) is -10.3. The number of hydrogen-bond donors (Lipinski definition) is 7. The summed E-state index contributed by atoms with van der Waals surface area (Å²) >= 11 is 0. The molecule has 120 valence electrons. The van der Waals surface area contributed by atoms with Crippen LogP contribution in [0.15, 0.2) is 0 Å². The Morgan fingerprint density at radius 1 is 0.950 bits per heavy atom. The number of hydrogen-bond acceptors (Lipinski definition) is 8. The molecule has 0 spiro atoms. The minimum atomic E-state index is -5.21. The molecule has 0 heterocycles. The van der Waals surface area contributed by atoms with Crippen molar-refractivity contribution in [2.24, 2.45) is 0 Å². The van der Waals surface area contributed by atoms with E-state index in [2.05, 4.69) is 9.05 Å². The van der Waals surface area contributed by atoms with Gasteiger partial charge in [-0.15, -0.1) is 0 Å². The second kappa shape index (κ2) is 7.69. The van der Waals surface area contributed by atoms with Gasteiger partial charge < -0.3 is 39.7 Å². The number of rotatable bonds is 9. The fourth-order valence-electron chi connectivity index (χ4n) is 1.04. The molecule has 0 unspecified atom stereocenters. The summed E-state index contributed by atoms with van der Waals surface area (Å²) in [5.41, 5.74) is 0. The van der Waals surface area contributed by atoms with Gasteiger partial charge in [-0.2, -0.15) is 0 Å². The quantitative estimate of drug-likeness (QED) is 0.164. The van der Waals surface area contributed by atoms with Crippen LogP contribution in [0.3, 0.4) is 0 Å². The predicted octanol–water partition coefficient (Wildman–Crippen LogP) is -3.14. The second-order valence-electron chi connectivity index (χ2n) is 3.53. The van der Waals surface area contributed by atoms with Gasteiger partial charge in [0, 0.05) is 0 Å². The molecule has 0 aromatic carbocycles. The summed E-state index contributed by atoms with van der Waals surface area (Å²) in [4.78, 5) is 44.2. The molecule has 0 aliphatic carbocycles. The fourth-order valence-corrected chi connectivity index (χ4v) is 1.92. The summed E-state index contributed by atoms with van der Waals surface area (Å²) in [6.45, 7) is -1.22. The molecule has 4 atom stereocenters. The number of carbonyl (C=O) groups excluding carboxylic acids is 1. The molecule has 0 amide bonds. The summed E-state index contributed by atoms with van der Waals surface area (Å²) in [6, 6.07) is 0. The highest BCUT2D eigenvalue weighted by molar-refractivity contribution is 7.46. The third-order valence-electron chi connectivity index (χ3n) is 1.90. The lowest BCUT2D eigenvalue weighted by Crippen LogP contribution is -2.47. The van der Waals surface area contributed by atoms with Crippen LogP contribution in [-0.2, 0) is 23.0 Å². The van der Waals surface area contributed by atoms with Gasteiger partial charge in [-0.3, -0.25) is 9.05 Å². The highest BCUT2D eigenvalue weighted by Crippen LogP contribution is 2.41. The van der Waals surface area contributed by atoms with E-state index in [0.29, 0.717) is 0 Å². The van der Waals surface area contributed by atoms with E-state index >= 15 is 0 Å². The first kappa shape index (κ1) is 19.8. The van der Waals surface area contributed by atoms with Crippen molar-refractivity contribution in [1.82, 2.24) is 0 Å². The molecule has 0 aromatic rings. The highest BCUT2D eigenvalue weighted by atomic mass is 31.2. The maximum absolute atomic E-state index is 10.6. The molecule has 20 heavy (non-hydrogen) atoms. The van der Waals surface area contributed by atoms with E-state index in [-0.39, 0.29) is 6.29 Å². The molecule has 7 N–H and O–H groups in total. The Bertz CT molecular complexity index is 399. The van der Waals surface area contributed by atoms with Crippen molar-refractivity contribution in [2.75, 3.05) is 6.61 Å². The minimum absolute atomic E-state index is 0.174. The summed E-state index contributed by atoms with van der Waals surface area (Å²) in [6.07, 6.45) is -8.89. The monoisotopic (exact) mass is 340 g/mol. The number of phosphoric ester groups is 2. The van der Waals surface area contributed by atoms with E-state index in [9.17, 15) is 24.1 Å². The van der Waals surface area contributed by atoms with Gasteiger partial charge in [0.05, 0.1) is 6.61 Å². The van der Waals surface area contributed by atoms with Crippen molar-refractivity contribution in [1.29, 1.82) is 0 Å². The summed E-state index contributed by atoms with van der Waals surface area (Å²) < 4.78 is 28.9. The van der Waals surface area contributed by atoms with Gasteiger partial charge in [-0.1, -0.05) is 0 Å². The number of aliphatic hydroxyl groups is 3. The van der Waals surface area contributed by atoms with Gasteiger partial charge >= 0.3 is 15.6 Å². The molecule has 0 rings (SSSR count). The maximum Gasteiger partial charge on any atom is 0.470 e. The van der Waals surface area contributed by atoms with Crippen LogP contribution in [-0.4, -0.2) is 72.2 Å². The average molecular weight is 340 g/mol. The Morgan fingerprint density at radius 3 is 1.80 bits per heavy atom. The van der Waals surface area contributed by atoms with E-state index in [4.69, 9.17) is 24.7 Å². The van der Waals surface area contributed by atoms with Gasteiger partial charge in [-0.25, -0.2) is 9.13 Å². The second-order valence-corrected chi connectivity index (χ2v) is 5.96. The van der Waals surface area contributed by atoms with Crippen LogP contribution >= 0.6 is 15.6 Å². The lowest BCUT2D eigenvalue weighted by Gasteiger charge is -2.27. The van der Waals surface area contributed by atoms with E-state index in [1.165, 1.54) is 0 Å². The van der Waals surface area contributed by atoms with Crippen LogP contribution in [0, 0.1) is 0 Å². The van der Waals surface area contributed by atoms with Crippen LogP contribution in [0.5, 0.6) is 0 Å². The van der Waals surface area contributed by atoms with Crippen molar-refractivity contribution < 1.29 is 57.9 Å². The van der Waals surface area contributed by atoms with Crippen molar-refractivity contribution in [2.45, 2.75) is 24.4 Å². The third-order valence-corrected chi connectivity index (χ3v) is 2.93. The standard InChI is InChI=1S/C6H14O12P2/c7-1-3(8)5(9)6(10)4(18-20(14,15)16)2-17-19(11,12)13/h1,3-6,8-10H,2H2,(H2,11,12,13)(H2,14,15,16)/t3-,4-,5-,6+/m1/s1. The molecule has 0 radical (unpaired) electrons. The van der Waals surface area contributed by atoms with Gasteiger partial charge in [0.15, 0.2) is 6.29 Å². The van der Waals surface area contributed by atoms with Gasteiger partial charge in [0.1, 0.15) is 24.4 Å². The molecule has 0 aromatic heterocycles. The van der Waals surface area contributed by atoms with Crippen molar-refractivity contribution in [3.63, 3.8) is 0 Å². The van der Waals surface area contributed by atoms with Crippen molar-refractivity contribution >= 4 is 21.9 Å². The number of carbonyl (C=O) groups is 1. The van der Waals surface area contributed by atoms with Crippen LogP contribution in [0.1, 0.15) is 0 Å². The van der Waals surface area contributed by atoms with Crippen LogP contribution in [0.25, 0.3) is 0 Å². The molecule has 12 nitrogen and oxygen atoms in total. The Kier molecular flexibility index (Phi) is 7.60. The Morgan fingerprint density at radius 2 is 1.45 bits per heavy atom. The van der Waals surface area contributed by atoms with Gasteiger partial charge in [0.2, 0.25) is 0 Å². The lowest BCUT2D eigenvalue weighted by molar-refractivity contribution is -0.135. The van der Waals surface area contributed by atoms with E-state index in [0.717, 1.165) is 0 Å². The summed E-state index contributed by atoms with van der Waals surface area (Å²) in [5.74, 6) is 0. The Hall–Kier alpha value is -0.230. The fraction of sp³-hybridized carbons (Fsp3) is 0.833. The summed E-state index contributed by atoms with van der Waals surface area (Å²) in [5, 5.41) is 27.7. The van der Waals surface area contributed by atoms with Crippen LogP contribution < -0.4 is 0 Å². The zero-order valence-corrected chi connectivity index (χ0v) is 11.4. The smallest absolute Gasteiger partial charge is 0.387 e. The minimum Gasteiger partial charge on any atom is -0.387 e. The first-order valence-electron chi connectivity index (χ1n) is 4.81. The number of aliphatic hydroxyl groups excluding tert-OH is 3. The van der Waals surface area contributed by atoms with E-state index < -0.39 is 46.7 Å². The van der Waals surface area contributed by atoms with Crippen LogP contribution in [0.2, 0.25) is 0 Å². The maximum atomic E-state index is 10.6. The van der Waals surface area contributed by atoms with Crippen LogP contribution in [0.4, 0.5) is 0 Å². The largest absolute Gasteiger partial charge is 0.470 e. The normalized spacial score (nSPS) is 19.1. The highest BCUT2D eigenvalue weighted by Gasteiger charge is 2.37. The molecule has 0 saturated carbocycles. The molecule has 0 bridgehead atoms. The zero-order valence-electron chi connectivity index (χ0n) is 9.66. The predicted molar refractivity (Wildman–Crippen MR) is 59.0 cm³/mol. The molecule has 14 heteroatoms. The molecular formula is C6H14O12P2. The van der Waals surface area contributed by atoms with Crippen molar-refractivity contribution in [3.05, 3.63) is 0 Å². The molecule has 0 aliphatic heterocycles. The lowest BCUT2D eigenvalue weighted by atomic mass is 10.0. The first-order chi connectivity index (χ1) is 8.87. The zero-order chi connectivity index (χ0) is 16.1. The van der Waals surface area contributed by atoms with Gasteiger partial charge in [0.25, 0.3) is 0 Å². The van der Waals surface area contributed by atoms with E-state index in [1.807, 2.05) is 0 Å². The SMILES string of the molecule is O=C[C@@H](O)[C@@H](O)[C@@H](O)[C@@H](COP(=O)(O)O)OP(=O)(O)O. The number of aldehydes is 1. The molecule has 0 fully saturated rings. The number of phosphoric acid groups is 2. The topological polar surface area (TPSA) is 211 Å². The van der Waals surface area contributed by atoms with Gasteiger partial charge in [-0.05, 0) is 0 Å². The molecular weight excluding hydrogens is 326 g/mol. The Balaban J connectivity index is 4.95. The Labute approximate surface area is 112 Å². The van der Waals surface area contributed by atoms with Crippen molar-refractivity contribution in [3.8, 4) is 0 Å². The first-order valence-corrected chi connectivity index (χ1v) is 7.87. The average Bonchev–Trinajstić information content (AvgIpc) is 2.29. The third kappa shape index (κ3) is 8.15. The molecule has 0 aliphatic rings. The van der Waals surface area contributed by atoms with E-state index in [1.54, 1.807) is 0 Å². The molecule has 0 saturated heterocycles.